The highest BCUT2D eigenvalue weighted by Crippen LogP contribution is 2.26. The molecule has 0 aromatic heterocycles. The number of rotatable bonds is 5. The van der Waals surface area contributed by atoms with Crippen molar-refractivity contribution in [3.8, 4) is 0 Å². The van der Waals surface area contributed by atoms with Crippen LogP contribution in [0.15, 0.2) is 24.3 Å². The van der Waals surface area contributed by atoms with Crippen LogP contribution in [0.2, 0.25) is 0 Å². The average molecular weight is 342 g/mol. The highest BCUT2D eigenvalue weighted by atomic mass is 16.1. The molecule has 0 bridgehead atoms. The molecule has 0 spiro atoms. The smallest absolute Gasteiger partial charge is 0.251 e. The first-order chi connectivity index (χ1) is 12.1. The molecule has 0 radical (unpaired) electrons. The minimum absolute atomic E-state index is 0.00866. The van der Waals surface area contributed by atoms with Gasteiger partial charge in [0, 0.05) is 23.7 Å². The molecule has 1 aliphatic carbocycles. The number of amides is 1. The van der Waals surface area contributed by atoms with Crippen molar-refractivity contribution in [3.63, 3.8) is 0 Å². The Hall–Kier alpha value is -1.68. The number of nitrogens with zero attached hydrogens (tertiary/aromatic N) is 1. The minimum atomic E-state index is -0.00866. The lowest BCUT2D eigenvalue weighted by atomic mass is 9.83. The van der Waals surface area contributed by atoms with Crippen molar-refractivity contribution in [1.29, 1.82) is 0 Å². The minimum Gasteiger partial charge on any atom is -0.349 e. The van der Waals surface area contributed by atoms with Crippen molar-refractivity contribution in [1.82, 2.24) is 10.2 Å². The molecule has 2 fully saturated rings. The molecule has 2 aliphatic rings. The molecule has 2 unspecified atom stereocenters. The standard InChI is InChI=1S/C21H30N2O2/c1-16(24)17-9-11-18(12-10-17)21(25)22-20-8-4-3-7-19(20)15-23-13-5-2-6-14-23/h9-12,19-20H,2-8,13-15H2,1H3,(H,22,25). The van der Waals surface area contributed by atoms with Gasteiger partial charge in [-0.15, -0.1) is 0 Å². The van der Waals surface area contributed by atoms with Crippen LogP contribution >= 0.6 is 0 Å². The quantitative estimate of drug-likeness (QED) is 0.831. The van der Waals surface area contributed by atoms with Crippen LogP contribution in [0.1, 0.15) is 72.6 Å². The lowest BCUT2D eigenvalue weighted by Crippen LogP contribution is -2.47. The zero-order valence-electron chi connectivity index (χ0n) is 15.3. The Morgan fingerprint density at radius 2 is 1.60 bits per heavy atom. The van der Waals surface area contributed by atoms with E-state index in [1.165, 1.54) is 51.6 Å². The van der Waals surface area contributed by atoms with Crippen LogP contribution in [-0.2, 0) is 0 Å². The van der Waals surface area contributed by atoms with Crippen molar-refractivity contribution in [3.05, 3.63) is 35.4 Å². The normalized spacial score (nSPS) is 24.7. The van der Waals surface area contributed by atoms with Crippen LogP contribution in [0.25, 0.3) is 0 Å². The van der Waals surface area contributed by atoms with Gasteiger partial charge in [-0.05, 0) is 63.7 Å². The molecule has 1 N–H and O–H groups in total. The summed E-state index contributed by atoms with van der Waals surface area (Å²) in [6.45, 7) is 5.09. The number of carbonyl (C=O) groups is 2. The summed E-state index contributed by atoms with van der Waals surface area (Å²) in [5, 5.41) is 3.27. The Balaban J connectivity index is 1.60. The van der Waals surface area contributed by atoms with E-state index in [-0.39, 0.29) is 17.7 Å². The number of hydrogen-bond donors (Lipinski definition) is 1. The SMILES string of the molecule is CC(=O)c1ccc(C(=O)NC2CCCCC2CN2CCCCC2)cc1. The van der Waals surface area contributed by atoms with Crippen LogP contribution < -0.4 is 5.32 Å². The van der Waals surface area contributed by atoms with Crippen LogP contribution in [0.5, 0.6) is 0 Å². The number of nitrogens with one attached hydrogen (secondary N) is 1. The number of piperidine rings is 1. The Labute approximate surface area is 151 Å². The van der Waals surface area contributed by atoms with E-state index in [0.717, 1.165) is 13.0 Å². The summed E-state index contributed by atoms with van der Waals surface area (Å²) in [7, 11) is 0. The number of ketones is 1. The van der Waals surface area contributed by atoms with Gasteiger partial charge in [-0.3, -0.25) is 9.59 Å². The molecule has 1 saturated heterocycles. The van der Waals surface area contributed by atoms with Crippen LogP contribution in [-0.4, -0.2) is 42.3 Å². The molecule has 3 rings (SSSR count). The highest BCUT2D eigenvalue weighted by molar-refractivity contribution is 5.97. The van der Waals surface area contributed by atoms with Gasteiger partial charge in [-0.1, -0.05) is 31.4 Å². The third kappa shape index (κ3) is 4.91. The molecule has 1 saturated carbocycles. The Bertz CT molecular complexity index is 590. The first kappa shape index (κ1) is 18.1. The van der Waals surface area contributed by atoms with E-state index in [9.17, 15) is 9.59 Å². The maximum absolute atomic E-state index is 12.6. The molecule has 1 aromatic carbocycles. The number of carbonyl (C=O) groups excluding carboxylic acids is 2. The second kappa shape index (κ2) is 8.61. The first-order valence-corrected chi connectivity index (χ1v) is 9.78. The Morgan fingerprint density at radius 1 is 0.960 bits per heavy atom. The molecule has 1 aromatic rings. The van der Waals surface area contributed by atoms with E-state index in [1.54, 1.807) is 31.2 Å². The summed E-state index contributed by atoms with van der Waals surface area (Å²) in [5.41, 5.74) is 1.30. The number of hydrogen-bond acceptors (Lipinski definition) is 3. The number of likely N-dealkylation sites (tertiary alicyclic amines) is 1. The van der Waals surface area contributed by atoms with E-state index in [0.29, 0.717) is 17.0 Å². The van der Waals surface area contributed by atoms with Crippen LogP contribution in [0, 0.1) is 5.92 Å². The monoisotopic (exact) mass is 342 g/mol. The molecule has 1 aliphatic heterocycles. The molecule has 136 valence electrons. The lowest BCUT2D eigenvalue weighted by molar-refractivity contribution is 0.0876. The molecular weight excluding hydrogens is 312 g/mol. The molecule has 25 heavy (non-hydrogen) atoms. The average Bonchev–Trinajstić information content (AvgIpc) is 2.64. The van der Waals surface area contributed by atoms with Crippen LogP contribution in [0.3, 0.4) is 0 Å². The van der Waals surface area contributed by atoms with E-state index >= 15 is 0 Å². The fourth-order valence-corrected chi connectivity index (χ4v) is 4.20. The highest BCUT2D eigenvalue weighted by Gasteiger charge is 2.28. The molecule has 1 amide bonds. The third-order valence-electron chi connectivity index (χ3n) is 5.72. The maximum Gasteiger partial charge on any atom is 0.251 e. The van der Waals surface area contributed by atoms with E-state index in [4.69, 9.17) is 0 Å². The first-order valence-electron chi connectivity index (χ1n) is 9.78. The number of Topliss-reactive ketones (excluding diaryl/α,β-unsaturated/α-hetero) is 1. The molecule has 4 nitrogen and oxygen atoms in total. The number of benzene rings is 1. The second-order valence-corrected chi connectivity index (χ2v) is 7.62. The summed E-state index contributed by atoms with van der Waals surface area (Å²) in [5.74, 6) is 0.582. The molecule has 1 heterocycles. The van der Waals surface area contributed by atoms with Gasteiger partial charge < -0.3 is 10.2 Å². The van der Waals surface area contributed by atoms with Gasteiger partial charge in [-0.2, -0.15) is 0 Å². The summed E-state index contributed by atoms with van der Waals surface area (Å²) in [4.78, 5) is 26.6. The summed E-state index contributed by atoms with van der Waals surface area (Å²) < 4.78 is 0. The van der Waals surface area contributed by atoms with Crippen molar-refractivity contribution < 1.29 is 9.59 Å². The zero-order chi connectivity index (χ0) is 17.6. The predicted molar refractivity (Wildman–Crippen MR) is 99.9 cm³/mol. The second-order valence-electron chi connectivity index (χ2n) is 7.62. The van der Waals surface area contributed by atoms with Gasteiger partial charge >= 0.3 is 0 Å². The van der Waals surface area contributed by atoms with Crippen molar-refractivity contribution in [2.24, 2.45) is 5.92 Å². The van der Waals surface area contributed by atoms with Crippen molar-refractivity contribution >= 4 is 11.7 Å². The van der Waals surface area contributed by atoms with Crippen molar-refractivity contribution in [2.75, 3.05) is 19.6 Å². The third-order valence-corrected chi connectivity index (χ3v) is 5.72. The molecular formula is C21H30N2O2. The topological polar surface area (TPSA) is 49.4 Å². The molecule has 4 heteroatoms. The van der Waals surface area contributed by atoms with Gasteiger partial charge in [0.1, 0.15) is 0 Å². The fraction of sp³-hybridized carbons (Fsp3) is 0.619. The summed E-state index contributed by atoms with van der Waals surface area (Å²) in [6.07, 6.45) is 8.75. The van der Waals surface area contributed by atoms with Gasteiger partial charge in [0.15, 0.2) is 5.78 Å². The fourth-order valence-electron chi connectivity index (χ4n) is 4.20. The lowest BCUT2D eigenvalue weighted by Gasteiger charge is -2.37. The van der Waals surface area contributed by atoms with E-state index < -0.39 is 0 Å². The van der Waals surface area contributed by atoms with E-state index in [1.807, 2.05) is 0 Å². The van der Waals surface area contributed by atoms with Gasteiger partial charge in [0.05, 0.1) is 0 Å². The molecule has 2 atom stereocenters. The van der Waals surface area contributed by atoms with Gasteiger partial charge in [0.2, 0.25) is 0 Å². The van der Waals surface area contributed by atoms with Gasteiger partial charge in [-0.25, -0.2) is 0 Å². The summed E-state index contributed by atoms with van der Waals surface area (Å²) >= 11 is 0. The summed E-state index contributed by atoms with van der Waals surface area (Å²) in [6, 6.07) is 7.27. The van der Waals surface area contributed by atoms with Crippen molar-refractivity contribution in [2.45, 2.75) is 57.9 Å². The Kier molecular flexibility index (Phi) is 6.24. The zero-order valence-corrected chi connectivity index (χ0v) is 15.3. The maximum atomic E-state index is 12.6. The van der Waals surface area contributed by atoms with Crippen LogP contribution in [0.4, 0.5) is 0 Å². The largest absolute Gasteiger partial charge is 0.349 e. The predicted octanol–water partition coefficient (Wildman–Crippen LogP) is 3.66. The van der Waals surface area contributed by atoms with E-state index in [2.05, 4.69) is 10.2 Å². The Morgan fingerprint density at radius 3 is 2.28 bits per heavy atom. The van der Waals surface area contributed by atoms with Gasteiger partial charge in [0.25, 0.3) is 5.91 Å².